The normalized spacial score (nSPS) is 25.3. The van der Waals surface area contributed by atoms with Crippen LogP contribution in [0.5, 0.6) is 0 Å². The van der Waals surface area contributed by atoms with Crippen molar-refractivity contribution in [3.05, 3.63) is 0 Å². The molecule has 2 aliphatic heterocycles. The van der Waals surface area contributed by atoms with Crippen molar-refractivity contribution in [2.75, 3.05) is 26.2 Å². The first-order chi connectivity index (χ1) is 9.16. The number of nitrogens with one attached hydrogen (secondary N) is 1. The number of carbonyl (C=O) groups excluding carboxylic acids is 2. The maximum Gasteiger partial charge on any atom is 0.222 e. The smallest absolute Gasteiger partial charge is 0.222 e. The predicted molar refractivity (Wildman–Crippen MR) is 73.3 cm³/mol. The molecule has 5 heteroatoms. The van der Waals surface area contributed by atoms with Gasteiger partial charge in [-0.05, 0) is 51.1 Å². The highest BCUT2D eigenvalue weighted by Gasteiger charge is 2.26. The summed E-state index contributed by atoms with van der Waals surface area (Å²) in [4.78, 5) is 25.1. The number of primary amides is 1. The molecule has 2 fully saturated rings. The van der Waals surface area contributed by atoms with Crippen LogP contribution in [0.2, 0.25) is 0 Å². The first-order valence-electron chi connectivity index (χ1n) is 7.44. The van der Waals surface area contributed by atoms with Crippen LogP contribution in [0.25, 0.3) is 0 Å². The molecule has 0 aromatic rings. The molecule has 1 unspecified atom stereocenters. The monoisotopic (exact) mass is 267 g/mol. The molecule has 2 saturated heterocycles. The fourth-order valence-corrected chi connectivity index (χ4v) is 3.07. The van der Waals surface area contributed by atoms with E-state index in [9.17, 15) is 9.59 Å². The van der Waals surface area contributed by atoms with E-state index in [1.165, 1.54) is 12.8 Å². The summed E-state index contributed by atoms with van der Waals surface area (Å²) < 4.78 is 0. The van der Waals surface area contributed by atoms with Gasteiger partial charge in [-0.1, -0.05) is 0 Å². The van der Waals surface area contributed by atoms with Crippen LogP contribution in [0.4, 0.5) is 0 Å². The fraction of sp³-hybridized carbons (Fsp3) is 0.857. The quantitative estimate of drug-likeness (QED) is 0.778. The molecule has 0 bridgehead atoms. The Morgan fingerprint density at radius 2 is 1.95 bits per heavy atom. The molecule has 3 N–H and O–H groups in total. The summed E-state index contributed by atoms with van der Waals surface area (Å²) in [6, 6.07) is 0. The highest BCUT2D eigenvalue weighted by molar-refractivity contribution is 5.78. The first-order valence-corrected chi connectivity index (χ1v) is 7.44. The molecule has 2 aliphatic rings. The average molecular weight is 267 g/mol. The van der Waals surface area contributed by atoms with Crippen molar-refractivity contribution >= 4 is 11.8 Å². The topological polar surface area (TPSA) is 75.4 Å². The molecule has 5 nitrogen and oxygen atoms in total. The number of amides is 2. The molecule has 0 aromatic heterocycles. The number of hydrogen-bond donors (Lipinski definition) is 2. The molecule has 1 atom stereocenters. The summed E-state index contributed by atoms with van der Waals surface area (Å²) in [5.74, 6) is 0.640. The van der Waals surface area contributed by atoms with Crippen LogP contribution in [0.1, 0.15) is 38.5 Å². The number of rotatable bonds is 4. The Labute approximate surface area is 114 Å². The molecule has 0 spiro atoms. The van der Waals surface area contributed by atoms with Gasteiger partial charge in [0.2, 0.25) is 11.8 Å². The van der Waals surface area contributed by atoms with E-state index in [4.69, 9.17) is 5.73 Å². The van der Waals surface area contributed by atoms with Crippen LogP contribution >= 0.6 is 0 Å². The SMILES string of the molecule is NC(=O)C1CCN(C(=O)CCC2CCCNC2)CC1. The molecule has 19 heavy (non-hydrogen) atoms. The van der Waals surface area contributed by atoms with Gasteiger partial charge < -0.3 is 16.0 Å². The number of hydrogen-bond acceptors (Lipinski definition) is 3. The zero-order chi connectivity index (χ0) is 13.7. The van der Waals surface area contributed by atoms with Crippen LogP contribution in [0, 0.1) is 11.8 Å². The largest absolute Gasteiger partial charge is 0.369 e. The lowest BCUT2D eigenvalue weighted by Gasteiger charge is -2.31. The molecule has 0 radical (unpaired) electrons. The van der Waals surface area contributed by atoms with E-state index in [2.05, 4.69) is 5.32 Å². The van der Waals surface area contributed by atoms with E-state index in [0.717, 1.165) is 32.4 Å². The van der Waals surface area contributed by atoms with Gasteiger partial charge in [0.25, 0.3) is 0 Å². The van der Waals surface area contributed by atoms with Crippen molar-refractivity contribution in [3.8, 4) is 0 Å². The fourth-order valence-electron chi connectivity index (χ4n) is 3.07. The molecule has 0 aliphatic carbocycles. The van der Waals surface area contributed by atoms with E-state index < -0.39 is 0 Å². The van der Waals surface area contributed by atoms with Gasteiger partial charge in [-0.25, -0.2) is 0 Å². The minimum Gasteiger partial charge on any atom is -0.369 e. The van der Waals surface area contributed by atoms with Crippen LogP contribution in [-0.4, -0.2) is 42.9 Å². The first kappa shape index (κ1) is 14.3. The summed E-state index contributed by atoms with van der Waals surface area (Å²) in [6.07, 6.45) is 5.56. The van der Waals surface area contributed by atoms with Gasteiger partial charge in [0, 0.05) is 25.4 Å². The lowest BCUT2D eigenvalue weighted by atomic mass is 9.93. The van der Waals surface area contributed by atoms with Gasteiger partial charge in [0.05, 0.1) is 0 Å². The molecule has 0 saturated carbocycles. The highest BCUT2D eigenvalue weighted by Crippen LogP contribution is 2.20. The van der Waals surface area contributed by atoms with Crippen molar-refractivity contribution in [1.29, 1.82) is 0 Å². The second-order valence-electron chi connectivity index (χ2n) is 5.81. The Morgan fingerprint density at radius 1 is 1.21 bits per heavy atom. The Balaban J connectivity index is 1.67. The van der Waals surface area contributed by atoms with E-state index in [0.29, 0.717) is 25.4 Å². The summed E-state index contributed by atoms with van der Waals surface area (Å²) in [5, 5.41) is 3.38. The number of carbonyl (C=O) groups is 2. The van der Waals surface area contributed by atoms with E-state index in [-0.39, 0.29) is 17.7 Å². The zero-order valence-electron chi connectivity index (χ0n) is 11.6. The maximum atomic E-state index is 12.1. The Morgan fingerprint density at radius 3 is 2.53 bits per heavy atom. The number of piperidine rings is 2. The third kappa shape index (κ3) is 4.20. The van der Waals surface area contributed by atoms with Crippen molar-refractivity contribution in [2.24, 2.45) is 17.6 Å². The van der Waals surface area contributed by atoms with Crippen LogP contribution < -0.4 is 11.1 Å². The number of nitrogens with zero attached hydrogens (tertiary/aromatic N) is 1. The summed E-state index contributed by atoms with van der Waals surface area (Å²) in [6.45, 7) is 3.55. The van der Waals surface area contributed by atoms with Gasteiger partial charge in [-0.3, -0.25) is 9.59 Å². The standard InChI is InChI=1S/C14H25N3O2/c15-14(19)12-5-8-17(9-6-12)13(18)4-3-11-2-1-7-16-10-11/h11-12,16H,1-10H2,(H2,15,19). The predicted octanol–water partition coefficient (Wildman–Crippen LogP) is 0.490. The van der Waals surface area contributed by atoms with Crippen LogP contribution in [0.3, 0.4) is 0 Å². The molecular weight excluding hydrogens is 242 g/mol. The van der Waals surface area contributed by atoms with Crippen molar-refractivity contribution in [2.45, 2.75) is 38.5 Å². The number of likely N-dealkylation sites (tertiary alicyclic amines) is 1. The van der Waals surface area contributed by atoms with Crippen LogP contribution in [0.15, 0.2) is 0 Å². The molecular formula is C14H25N3O2. The van der Waals surface area contributed by atoms with Gasteiger partial charge in [0.1, 0.15) is 0 Å². The summed E-state index contributed by atoms with van der Waals surface area (Å²) in [7, 11) is 0. The van der Waals surface area contributed by atoms with E-state index >= 15 is 0 Å². The minimum atomic E-state index is -0.222. The Bertz CT molecular complexity index is 319. The second kappa shape index (κ2) is 6.89. The summed E-state index contributed by atoms with van der Waals surface area (Å²) in [5.41, 5.74) is 5.30. The average Bonchev–Trinajstić information content (AvgIpc) is 2.46. The second-order valence-corrected chi connectivity index (χ2v) is 5.81. The molecule has 108 valence electrons. The van der Waals surface area contributed by atoms with Crippen LogP contribution in [-0.2, 0) is 9.59 Å². The van der Waals surface area contributed by atoms with E-state index in [1.54, 1.807) is 0 Å². The Hall–Kier alpha value is -1.10. The third-order valence-electron chi connectivity index (χ3n) is 4.42. The lowest BCUT2D eigenvalue weighted by molar-refractivity contribution is -0.135. The molecule has 2 heterocycles. The van der Waals surface area contributed by atoms with E-state index in [1.807, 2.05) is 4.90 Å². The van der Waals surface area contributed by atoms with Crippen molar-refractivity contribution in [3.63, 3.8) is 0 Å². The van der Waals surface area contributed by atoms with Gasteiger partial charge >= 0.3 is 0 Å². The highest BCUT2D eigenvalue weighted by atomic mass is 16.2. The molecule has 2 amide bonds. The maximum absolute atomic E-state index is 12.1. The minimum absolute atomic E-state index is 0.0356. The molecule has 0 aromatic carbocycles. The lowest BCUT2D eigenvalue weighted by Crippen LogP contribution is -2.42. The number of nitrogens with two attached hydrogens (primary N) is 1. The van der Waals surface area contributed by atoms with Crippen molar-refractivity contribution < 1.29 is 9.59 Å². The van der Waals surface area contributed by atoms with Gasteiger partial charge in [-0.15, -0.1) is 0 Å². The van der Waals surface area contributed by atoms with Crippen molar-refractivity contribution in [1.82, 2.24) is 10.2 Å². The van der Waals surface area contributed by atoms with Gasteiger partial charge in [0.15, 0.2) is 0 Å². The Kier molecular flexibility index (Phi) is 5.19. The zero-order valence-corrected chi connectivity index (χ0v) is 11.6. The molecule has 2 rings (SSSR count). The summed E-state index contributed by atoms with van der Waals surface area (Å²) >= 11 is 0. The van der Waals surface area contributed by atoms with Gasteiger partial charge in [-0.2, -0.15) is 0 Å². The third-order valence-corrected chi connectivity index (χ3v) is 4.42.